The summed E-state index contributed by atoms with van der Waals surface area (Å²) in [6, 6.07) is 19.3. The zero-order chi connectivity index (χ0) is 17.6. The second-order valence-corrected chi connectivity index (χ2v) is 6.55. The molecule has 0 spiro atoms. The molecule has 2 aromatic carbocycles. The molecular formula is C20H19ClN2O2. The molecule has 1 aliphatic carbocycles. The quantitative estimate of drug-likeness (QED) is 0.821. The van der Waals surface area contributed by atoms with Gasteiger partial charge in [-0.25, -0.2) is 0 Å². The first-order chi connectivity index (χ1) is 12.2. The number of hydrogen-bond acceptors (Lipinski definition) is 3. The number of rotatable bonds is 7. The van der Waals surface area contributed by atoms with Gasteiger partial charge in [-0.15, -0.1) is 0 Å². The number of halogens is 1. The number of amides is 1. The van der Waals surface area contributed by atoms with Gasteiger partial charge in [-0.2, -0.15) is 5.26 Å². The molecule has 25 heavy (non-hydrogen) atoms. The van der Waals surface area contributed by atoms with Gasteiger partial charge >= 0.3 is 0 Å². The summed E-state index contributed by atoms with van der Waals surface area (Å²) in [4.78, 5) is 12.4. The Hall–Kier alpha value is -2.35. The molecule has 1 aliphatic rings. The van der Waals surface area contributed by atoms with Crippen LogP contribution in [-0.2, 0) is 9.53 Å². The van der Waals surface area contributed by atoms with Crippen molar-refractivity contribution in [3.63, 3.8) is 0 Å². The van der Waals surface area contributed by atoms with Crippen LogP contribution in [0, 0.1) is 17.2 Å². The van der Waals surface area contributed by atoms with Gasteiger partial charge in [-0.1, -0.05) is 54.1 Å². The van der Waals surface area contributed by atoms with E-state index in [1.807, 2.05) is 36.4 Å². The maximum absolute atomic E-state index is 12.4. The van der Waals surface area contributed by atoms with E-state index in [-0.39, 0.29) is 18.4 Å². The van der Waals surface area contributed by atoms with E-state index in [0.29, 0.717) is 17.5 Å². The molecule has 128 valence electrons. The standard InChI is InChI=1S/C20H19ClN2O2/c21-16-8-4-7-15(11-16)19(25-10-9-22)13-23-20(24)18-12-17(18)14-5-2-1-3-6-14/h1-8,11,17-19H,10,12-13H2,(H,23,24)/t17-,18+,19-/m1/s1. The van der Waals surface area contributed by atoms with Crippen LogP contribution in [0.2, 0.25) is 5.02 Å². The summed E-state index contributed by atoms with van der Waals surface area (Å²) >= 11 is 6.03. The summed E-state index contributed by atoms with van der Waals surface area (Å²) in [5, 5.41) is 12.3. The minimum absolute atomic E-state index is 0.0124. The van der Waals surface area contributed by atoms with Crippen LogP contribution in [-0.4, -0.2) is 19.1 Å². The van der Waals surface area contributed by atoms with E-state index in [1.54, 1.807) is 12.1 Å². The van der Waals surface area contributed by atoms with E-state index in [1.165, 1.54) is 5.56 Å². The first-order valence-electron chi connectivity index (χ1n) is 8.25. The number of benzene rings is 2. The molecule has 5 heteroatoms. The fourth-order valence-electron chi connectivity index (χ4n) is 3.00. The molecule has 0 unspecified atom stereocenters. The Morgan fingerprint density at radius 1 is 1.28 bits per heavy atom. The van der Waals surface area contributed by atoms with Crippen LogP contribution in [0.15, 0.2) is 54.6 Å². The summed E-state index contributed by atoms with van der Waals surface area (Å²) in [7, 11) is 0. The molecule has 2 aromatic rings. The van der Waals surface area contributed by atoms with Gasteiger partial charge in [-0.3, -0.25) is 4.79 Å². The minimum atomic E-state index is -0.392. The van der Waals surface area contributed by atoms with E-state index in [9.17, 15) is 4.79 Å². The van der Waals surface area contributed by atoms with Crippen LogP contribution >= 0.6 is 11.6 Å². The zero-order valence-corrected chi connectivity index (χ0v) is 14.4. The molecule has 3 rings (SSSR count). The molecule has 0 bridgehead atoms. The van der Waals surface area contributed by atoms with Crippen molar-refractivity contribution in [1.82, 2.24) is 5.32 Å². The third-order valence-corrected chi connectivity index (χ3v) is 4.62. The van der Waals surface area contributed by atoms with Gasteiger partial charge in [0.1, 0.15) is 12.7 Å². The maximum atomic E-state index is 12.4. The SMILES string of the molecule is N#CCO[C@H](CNC(=O)[C@H]1C[C@@H]1c1ccccc1)c1cccc(Cl)c1. The number of nitriles is 1. The number of nitrogens with one attached hydrogen (secondary N) is 1. The lowest BCUT2D eigenvalue weighted by atomic mass is 10.1. The van der Waals surface area contributed by atoms with E-state index < -0.39 is 6.10 Å². The summed E-state index contributed by atoms with van der Waals surface area (Å²) in [5.41, 5.74) is 2.05. The fourth-order valence-corrected chi connectivity index (χ4v) is 3.19. The molecule has 1 amide bonds. The smallest absolute Gasteiger partial charge is 0.223 e. The minimum Gasteiger partial charge on any atom is -0.357 e. The number of hydrogen-bond donors (Lipinski definition) is 1. The van der Waals surface area contributed by atoms with Gasteiger partial charge < -0.3 is 10.1 Å². The zero-order valence-electron chi connectivity index (χ0n) is 13.7. The van der Waals surface area contributed by atoms with Crippen molar-refractivity contribution in [3.8, 4) is 6.07 Å². The van der Waals surface area contributed by atoms with Crippen LogP contribution < -0.4 is 5.32 Å². The average molecular weight is 355 g/mol. The number of carbonyl (C=O) groups is 1. The summed E-state index contributed by atoms with van der Waals surface area (Å²) in [6.07, 6.45) is 0.479. The average Bonchev–Trinajstić information content (AvgIpc) is 3.43. The second kappa shape index (κ2) is 8.15. The van der Waals surface area contributed by atoms with Crippen LogP contribution in [0.25, 0.3) is 0 Å². The van der Waals surface area contributed by atoms with E-state index in [0.717, 1.165) is 12.0 Å². The lowest BCUT2D eigenvalue weighted by Gasteiger charge is -2.18. The largest absolute Gasteiger partial charge is 0.357 e. The Balaban J connectivity index is 1.58. The Morgan fingerprint density at radius 2 is 2.08 bits per heavy atom. The molecule has 1 N–H and O–H groups in total. The van der Waals surface area contributed by atoms with Gasteiger partial charge in [0.2, 0.25) is 5.91 Å². The normalized spacial score (nSPS) is 19.7. The molecule has 1 fully saturated rings. The number of ether oxygens (including phenoxy) is 1. The highest BCUT2D eigenvalue weighted by Crippen LogP contribution is 2.47. The van der Waals surface area contributed by atoms with E-state index in [4.69, 9.17) is 21.6 Å². The molecular weight excluding hydrogens is 336 g/mol. The Bertz CT molecular complexity index is 773. The topological polar surface area (TPSA) is 62.1 Å². The van der Waals surface area contributed by atoms with Gasteiger partial charge in [0.15, 0.2) is 0 Å². The van der Waals surface area contributed by atoms with Crippen LogP contribution in [0.4, 0.5) is 0 Å². The number of nitrogens with zero attached hydrogens (tertiary/aromatic N) is 1. The Labute approximate surface area is 152 Å². The maximum Gasteiger partial charge on any atom is 0.223 e. The predicted molar refractivity (Wildman–Crippen MR) is 96.1 cm³/mol. The Morgan fingerprint density at radius 3 is 2.80 bits per heavy atom. The molecule has 0 heterocycles. The molecule has 0 saturated heterocycles. The summed E-state index contributed by atoms with van der Waals surface area (Å²) in [5.74, 6) is 0.339. The van der Waals surface area contributed by atoms with Crippen LogP contribution in [0.5, 0.6) is 0 Å². The van der Waals surface area contributed by atoms with Gasteiger partial charge in [0, 0.05) is 17.5 Å². The van der Waals surface area contributed by atoms with Crippen molar-refractivity contribution < 1.29 is 9.53 Å². The molecule has 0 radical (unpaired) electrons. The van der Waals surface area contributed by atoms with E-state index >= 15 is 0 Å². The van der Waals surface area contributed by atoms with Crippen molar-refractivity contribution in [2.75, 3.05) is 13.2 Å². The van der Waals surface area contributed by atoms with Gasteiger partial charge in [-0.05, 0) is 35.6 Å². The molecule has 4 nitrogen and oxygen atoms in total. The van der Waals surface area contributed by atoms with Crippen LogP contribution in [0.3, 0.4) is 0 Å². The van der Waals surface area contributed by atoms with Crippen molar-refractivity contribution in [2.24, 2.45) is 5.92 Å². The monoisotopic (exact) mass is 354 g/mol. The Kier molecular flexibility index (Phi) is 5.70. The predicted octanol–water partition coefficient (Wildman–Crippen LogP) is 3.84. The van der Waals surface area contributed by atoms with E-state index in [2.05, 4.69) is 17.4 Å². The molecule has 0 aromatic heterocycles. The lowest BCUT2D eigenvalue weighted by Crippen LogP contribution is -2.31. The molecule has 3 atom stereocenters. The third-order valence-electron chi connectivity index (χ3n) is 4.39. The third kappa shape index (κ3) is 4.60. The molecule has 1 saturated carbocycles. The molecule has 0 aliphatic heterocycles. The number of carbonyl (C=O) groups excluding carboxylic acids is 1. The van der Waals surface area contributed by atoms with Crippen LogP contribution in [0.1, 0.15) is 29.6 Å². The van der Waals surface area contributed by atoms with Gasteiger partial charge in [0.05, 0.1) is 6.07 Å². The van der Waals surface area contributed by atoms with Crippen molar-refractivity contribution in [1.29, 1.82) is 5.26 Å². The lowest BCUT2D eigenvalue weighted by molar-refractivity contribution is -0.123. The second-order valence-electron chi connectivity index (χ2n) is 6.12. The highest BCUT2D eigenvalue weighted by molar-refractivity contribution is 6.30. The summed E-state index contributed by atoms with van der Waals surface area (Å²) in [6.45, 7) is 0.280. The first-order valence-corrected chi connectivity index (χ1v) is 8.63. The highest BCUT2D eigenvalue weighted by atomic mass is 35.5. The van der Waals surface area contributed by atoms with Gasteiger partial charge in [0.25, 0.3) is 0 Å². The first kappa shape index (κ1) is 17.5. The highest BCUT2D eigenvalue weighted by Gasteiger charge is 2.43. The van der Waals surface area contributed by atoms with Crippen molar-refractivity contribution in [3.05, 3.63) is 70.7 Å². The van der Waals surface area contributed by atoms with Crippen molar-refractivity contribution in [2.45, 2.75) is 18.4 Å². The summed E-state index contributed by atoms with van der Waals surface area (Å²) < 4.78 is 5.56. The van der Waals surface area contributed by atoms with Crippen molar-refractivity contribution >= 4 is 17.5 Å². The fraction of sp³-hybridized carbons (Fsp3) is 0.300.